The van der Waals surface area contributed by atoms with Crippen LogP contribution >= 0.6 is 0 Å². The average Bonchev–Trinajstić information content (AvgIpc) is 3.28. The Morgan fingerprint density at radius 1 is 1.12 bits per heavy atom. The highest BCUT2D eigenvalue weighted by atomic mass is 16.5. The fourth-order valence-electron chi connectivity index (χ4n) is 5.72. The highest BCUT2D eigenvalue weighted by Crippen LogP contribution is 2.55. The Morgan fingerprint density at radius 2 is 1.88 bits per heavy atom. The monoisotopic (exact) mass is 432 g/mol. The third kappa shape index (κ3) is 3.57. The second-order valence-corrected chi connectivity index (χ2v) is 10.1. The number of piperidine rings is 1. The summed E-state index contributed by atoms with van der Waals surface area (Å²) < 4.78 is 11.3. The smallest absolute Gasteiger partial charge is 0.339 e. The number of hydrogen-bond acceptors (Lipinski definition) is 5. The van der Waals surface area contributed by atoms with Gasteiger partial charge in [-0.2, -0.15) is 0 Å². The third-order valence-corrected chi connectivity index (χ3v) is 7.12. The molecule has 3 aromatic rings. The largest absolute Gasteiger partial charge is 0.452 e. The number of nitrogens with zero attached hydrogens (tertiary/aromatic N) is 2. The number of carbonyl (C=O) groups is 2. The number of aromatic nitrogens is 1. The summed E-state index contributed by atoms with van der Waals surface area (Å²) in [6.45, 7) is 7.25. The molecule has 1 aliphatic carbocycles. The van der Waals surface area contributed by atoms with Gasteiger partial charge >= 0.3 is 5.97 Å². The number of benzene rings is 2. The third-order valence-electron chi connectivity index (χ3n) is 7.12. The van der Waals surface area contributed by atoms with Crippen molar-refractivity contribution in [1.82, 2.24) is 9.88 Å². The van der Waals surface area contributed by atoms with Gasteiger partial charge in [-0.05, 0) is 54.4 Å². The van der Waals surface area contributed by atoms with E-state index >= 15 is 0 Å². The lowest BCUT2D eigenvalue weighted by Gasteiger charge is -2.40. The van der Waals surface area contributed by atoms with Crippen LogP contribution in [0.3, 0.4) is 0 Å². The molecule has 32 heavy (non-hydrogen) atoms. The molecule has 2 atom stereocenters. The molecule has 2 fully saturated rings. The average molecular weight is 433 g/mol. The number of para-hydroxylation sites is 2. The predicted molar refractivity (Wildman–Crippen MR) is 121 cm³/mol. The van der Waals surface area contributed by atoms with Crippen LogP contribution in [0.2, 0.25) is 0 Å². The fourth-order valence-corrected chi connectivity index (χ4v) is 5.72. The number of esters is 1. The van der Waals surface area contributed by atoms with E-state index < -0.39 is 5.97 Å². The van der Waals surface area contributed by atoms with E-state index in [4.69, 9.17) is 9.15 Å². The predicted octanol–water partition coefficient (Wildman–Crippen LogP) is 5.08. The van der Waals surface area contributed by atoms with Crippen molar-refractivity contribution < 1.29 is 18.7 Å². The molecule has 6 heteroatoms. The van der Waals surface area contributed by atoms with Crippen LogP contribution in [0.15, 0.2) is 52.9 Å². The standard InChI is InChI=1S/C26H28N2O4/c1-25(2)16-26(3)12-13-28(21(25)14-26)22(29)15-31-24(30)18-9-5-4-8-17(18)23-27-19-10-6-7-11-20(19)32-23/h4-11,21H,12-16H2,1-3H3. The molecule has 0 N–H and O–H groups in total. The van der Waals surface area contributed by atoms with Gasteiger partial charge in [-0.15, -0.1) is 0 Å². The van der Waals surface area contributed by atoms with Crippen molar-refractivity contribution in [2.45, 2.75) is 46.1 Å². The number of hydrogen-bond donors (Lipinski definition) is 0. The Bertz CT molecular complexity index is 1160. The molecule has 1 saturated heterocycles. The van der Waals surface area contributed by atoms with Gasteiger partial charge in [-0.1, -0.05) is 45.0 Å². The highest BCUT2D eigenvalue weighted by molar-refractivity contribution is 5.97. The Kier molecular flexibility index (Phi) is 4.84. The summed E-state index contributed by atoms with van der Waals surface area (Å²) in [5.74, 6) is -0.323. The molecular weight excluding hydrogens is 404 g/mol. The lowest BCUT2D eigenvalue weighted by molar-refractivity contribution is -0.140. The number of carbonyl (C=O) groups excluding carboxylic acids is 2. The molecule has 1 amide bonds. The Balaban J connectivity index is 1.32. The number of likely N-dealkylation sites (tertiary alicyclic amines) is 1. The Morgan fingerprint density at radius 3 is 2.69 bits per heavy atom. The second kappa shape index (κ2) is 7.47. The molecule has 2 bridgehead atoms. The van der Waals surface area contributed by atoms with Crippen LogP contribution < -0.4 is 0 Å². The number of fused-ring (bicyclic) bond motifs is 3. The van der Waals surface area contributed by atoms with Crippen LogP contribution in [0, 0.1) is 10.8 Å². The molecule has 5 rings (SSSR count). The molecule has 0 spiro atoms. The minimum Gasteiger partial charge on any atom is -0.452 e. The maximum atomic E-state index is 13.0. The first-order valence-electron chi connectivity index (χ1n) is 11.2. The minimum atomic E-state index is -0.552. The van der Waals surface area contributed by atoms with Crippen LogP contribution in [-0.2, 0) is 9.53 Å². The van der Waals surface area contributed by atoms with E-state index in [2.05, 4.69) is 25.8 Å². The molecule has 2 unspecified atom stereocenters. The quantitative estimate of drug-likeness (QED) is 0.538. The number of rotatable bonds is 4. The summed E-state index contributed by atoms with van der Waals surface area (Å²) in [7, 11) is 0. The molecular formula is C26H28N2O4. The van der Waals surface area contributed by atoms with Gasteiger partial charge in [0.1, 0.15) is 5.52 Å². The molecule has 2 aromatic carbocycles. The zero-order valence-electron chi connectivity index (χ0n) is 18.8. The summed E-state index contributed by atoms with van der Waals surface area (Å²) in [4.78, 5) is 32.3. The second-order valence-electron chi connectivity index (χ2n) is 10.1. The van der Waals surface area contributed by atoms with Crippen molar-refractivity contribution in [3.8, 4) is 11.5 Å². The Hall–Kier alpha value is -3.15. The first kappa shape index (κ1) is 20.7. The van der Waals surface area contributed by atoms with Gasteiger partial charge in [0, 0.05) is 12.6 Å². The SMILES string of the molecule is CC12CCN(C(=O)COC(=O)c3ccccc3-c3nc4ccccc4o3)C(C1)C(C)(C)C2. The van der Waals surface area contributed by atoms with E-state index in [1.165, 1.54) is 0 Å². The zero-order valence-corrected chi connectivity index (χ0v) is 18.8. The van der Waals surface area contributed by atoms with E-state index in [0.29, 0.717) is 28.0 Å². The van der Waals surface area contributed by atoms with Gasteiger partial charge < -0.3 is 14.1 Å². The van der Waals surface area contributed by atoms with Crippen LogP contribution in [0.5, 0.6) is 0 Å². The maximum Gasteiger partial charge on any atom is 0.339 e. The van der Waals surface area contributed by atoms with E-state index in [9.17, 15) is 9.59 Å². The van der Waals surface area contributed by atoms with Gasteiger partial charge in [-0.25, -0.2) is 9.78 Å². The summed E-state index contributed by atoms with van der Waals surface area (Å²) in [5, 5.41) is 0. The number of amides is 1. The van der Waals surface area contributed by atoms with Crippen molar-refractivity contribution in [2.24, 2.45) is 10.8 Å². The molecule has 1 aliphatic heterocycles. The summed E-state index contributed by atoms with van der Waals surface area (Å²) in [5.41, 5.74) is 2.63. The molecule has 2 heterocycles. The van der Waals surface area contributed by atoms with E-state index in [1.807, 2.05) is 35.2 Å². The number of oxazole rings is 1. The van der Waals surface area contributed by atoms with E-state index in [0.717, 1.165) is 31.3 Å². The van der Waals surface area contributed by atoms with Crippen LogP contribution in [0.1, 0.15) is 50.4 Å². The highest BCUT2D eigenvalue weighted by Gasteiger charge is 2.53. The zero-order chi connectivity index (χ0) is 22.5. The maximum absolute atomic E-state index is 13.0. The van der Waals surface area contributed by atoms with Crippen LogP contribution in [0.25, 0.3) is 22.6 Å². The van der Waals surface area contributed by atoms with Crippen molar-refractivity contribution >= 4 is 23.0 Å². The van der Waals surface area contributed by atoms with Gasteiger partial charge in [0.2, 0.25) is 5.89 Å². The number of ether oxygens (including phenoxy) is 1. The summed E-state index contributed by atoms with van der Waals surface area (Å²) >= 11 is 0. The van der Waals surface area contributed by atoms with Crippen molar-refractivity contribution in [2.75, 3.05) is 13.2 Å². The first-order chi connectivity index (χ1) is 15.3. The molecule has 2 aliphatic rings. The Labute approximate surface area is 187 Å². The normalized spacial score (nSPS) is 24.0. The first-order valence-corrected chi connectivity index (χ1v) is 11.2. The van der Waals surface area contributed by atoms with Gasteiger partial charge in [-0.3, -0.25) is 4.79 Å². The van der Waals surface area contributed by atoms with Gasteiger partial charge in [0.15, 0.2) is 12.2 Å². The van der Waals surface area contributed by atoms with E-state index in [-0.39, 0.29) is 24.0 Å². The topological polar surface area (TPSA) is 72.6 Å². The lowest BCUT2D eigenvalue weighted by Crippen LogP contribution is -2.49. The van der Waals surface area contributed by atoms with Crippen molar-refractivity contribution in [1.29, 1.82) is 0 Å². The minimum absolute atomic E-state index is 0.0739. The lowest BCUT2D eigenvalue weighted by atomic mass is 9.81. The van der Waals surface area contributed by atoms with Gasteiger partial charge in [0.05, 0.1) is 11.1 Å². The fraction of sp³-hybridized carbons (Fsp3) is 0.423. The molecule has 6 nitrogen and oxygen atoms in total. The molecule has 166 valence electrons. The molecule has 0 radical (unpaired) electrons. The van der Waals surface area contributed by atoms with Crippen LogP contribution in [0.4, 0.5) is 0 Å². The summed E-state index contributed by atoms with van der Waals surface area (Å²) in [6, 6.07) is 14.7. The molecule has 1 saturated carbocycles. The van der Waals surface area contributed by atoms with Crippen LogP contribution in [-0.4, -0.2) is 41.0 Å². The van der Waals surface area contributed by atoms with Crippen molar-refractivity contribution in [3.05, 3.63) is 54.1 Å². The van der Waals surface area contributed by atoms with Gasteiger partial charge in [0.25, 0.3) is 5.91 Å². The van der Waals surface area contributed by atoms with Crippen molar-refractivity contribution in [3.63, 3.8) is 0 Å². The summed E-state index contributed by atoms with van der Waals surface area (Å²) in [6.07, 6.45) is 3.12. The van der Waals surface area contributed by atoms with E-state index in [1.54, 1.807) is 18.2 Å². The molecule has 1 aromatic heterocycles.